The van der Waals surface area contributed by atoms with Crippen LogP contribution in [0.3, 0.4) is 0 Å². The fourth-order valence-electron chi connectivity index (χ4n) is 4.52. The molecule has 1 aliphatic heterocycles. The van der Waals surface area contributed by atoms with Crippen LogP contribution >= 0.6 is 0 Å². The molecule has 1 aromatic carbocycles. The lowest BCUT2D eigenvalue weighted by molar-refractivity contribution is 0.130. The molecule has 5 heteroatoms. The van der Waals surface area contributed by atoms with Crippen LogP contribution in [0.2, 0.25) is 0 Å². The lowest BCUT2D eigenvalue weighted by Crippen LogP contribution is -2.41. The first-order valence-corrected chi connectivity index (χ1v) is 10.4. The fourth-order valence-corrected chi connectivity index (χ4v) is 4.52. The van der Waals surface area contributed by atoms with Gasteiger partial charge in [0.1, 0.15) is 12.4 Å². The molecule has 5 nitrogen and oxygen atoms in total. The molecule has 2 aromatic rings. The Labute approximate surface area is 166 Å². The van der Waals surface area contributed by atoms with Gasteiger partial charge >= 0.3 is 0 Å². The van der Waals surface area contributed by atoms with E-state index in [9.17, 15) is 0 Å². The molecular weight excluding hydrogens is 348 g/mol. The monoisotopic (exact) mass is 374 g/mol. The van der Waals surface area contributed by atoms with Gasteiger partial charge in [-0.1, -0.05) is 18.6 Å². The van der Waals surface area contributed by atoms with Gasteiger partial charge < -0.3 is 9.30 Å². The van der Waals surface area contributed by atoms with E-state index in [1.54, 1.807) is 0 Å². The molecule has 144 valence electrons. The molecule has 0 bridgehead atoms. The van der Waals surface area contributed by atoms with E-state index in [1.165, 1.54) is 30.8 Å². The van der Waals surface area contributed by atoms with Crippen LogP contribution in [0, 0.1) is 11.3 Å². The zero-order valence-corrected chi connectivity index (χ0v) is 16.2. The minimum absolute atomic E-state index is 0.538. The van der Waals surface area contributed by atoms with Gasteiger partial charge in [-0.3, -0.25) is 4.90 Å². The van der Waals surface area contributed by atoms with E-state index in [0.29, 0.717) is 12.2 Å². The van der Waals surface area contributed by atoms with Crippen molar-refractivity contribution < 1.29 is 4.74 Å². The molecule has 0 spiro atoms. The van der Waals surface area contributed by atoms with Crippen molar-refractivity contribution in [2.24, 2.45) is 0 Å². The maximum atomic E-state index is 8.90. The highest BCUT2D eigenvalue weighted by Crippen LogP contribution is 2.30. The standard InChI is InChI=1S/C23H26N4O/c24-15-17-4-6-18(7-5-17)16-28-20-8-9-22-21(14-20)25-23-10-11-26(12-13-27(22)23)19-2-1-3-19/h4-7,14,19H,1-3,8-13,16H2. The first-order valence-electron chi connectivity index (χ1n) is 10.4. The third-order valence-corrected chi connectivity index (χ3v) is 6.42. The quantitative estimate of drug-likeness (QED) is 0.819. The zero-order chi connectivity index (χ0) is 18.9. The minimum atomic E-state index is 0.538. The van der Waals surface area contributed by atoms with Gasteiger partial charge in [0.2, 0.25) is 0 Å². The van der Waals surface area contributed by atoms with Crippen LogP contribution in [0.1, 0.15) is 54.0 Å². The van der Waals surface area contributed by atoms with Crippen molar-refractivity contribution in [3.05, 3.63) is 58.4 Å². The Morgan fingerprint density at radius 3 is 2.68 bits per heavy atom. The summed E-state index contributed by atoms with van der Waals surface area (Å²) in [6.07, 6.45) is 9.28. The zero-order valence-electron chi connectivity index (χ0n) is 16.2. The average Bonchev–Trinajstić information content (AvgIpc) is 2.91. The van der Waals surface area contributed by atoms with Gasteiger partial charge in [-0.15, -0.1) is 0 Å². The summed E-state index contributed by atoms with van der Waals surface area (Å²) in [5.74, 6) is 2.26. The normalized spacial score (nSPS) is 19.6. The predicted molar refractivity (Wildman–Crippen MR) is 107 cm³/mol. The lowest BCUT2D eigenvalue weighted by Gasteiger charge is -2.36. The Morgan fingerprint density at radius 2 is 1.93 bits per heavy atom. The molecule has 1 fully saturated rings. The van der Waals surface area contributed by atoms with E-state index >= 15 is 0 Å². The van der Waals surface area contributed by atoms with Crippen LogP contribution in [-0.2, 0) is 30.7 Å². The molecule has 0 amide bonds. The molecule has 3 aliphatic rings. The van der Waals surface area contributed by atoms with Crippen LogP contribution < -0.4 is 0 Å². The number of ether oxygens (including phenoxy) is 1. The van der Waals surface area contributed by atoms with Gasteiger partial charge in [-0.2, -0.15) is 5.26 Å². The summed E-state index contributed by atoms with van der Waals surface area (Å²) in [5, 5.41) is 8.90. The number of nitrogens with zero attached hydrogens (tertiary/aromatic N) is 4. The number of fused-ring (bicyclic) bond motifs is 3. The molecular formula is C23H26N4O. The van der Waals surface area contributed by atoms with Crippen molar-refractivity contribution in [3.8, 4) is 6.07 Å². The number of nitriles is 1. The Morgan fingerprint density at radius 1 is 1.07 bits per heavy atom. The summed E-state index contributed by atoms with van der Waals surface area (Å²) in [6, 6.07) is 10.6. The highest BCUT2D eigenvalue weighted by atomic mass is 16.5. The van der Waals surface area contributed by atoms with Crippen molar-refractivity contribution in [3.63, 3.8) is 0 Å². The summed E-state index contributed by atoms with van der Waals surface area (Å²) in [6.45, 7) is 3.92. The number of allylic oxidation sites excluding steroid dienone is 1. The highest BCUT2D eigenvalue weighted by molar-refractivity contribution is 5.53. The first-order chi connectivity index (χ1) is 13.8. The average molecular weight is 374 g/mol. The Kier molecular flexibility index (Phi) is 4.66. The number of aromatic nitrogens is 2. The molecule has 2 aliphatic carbocycles. The minimum Gasteiger partial charge on any atom is -0.493 e. The molecule has 5 rings (SSSR count). The Hall–Kier alpha value is -2.58. The Bertz CT molecular complexity index is 931. The molecule has 0 atom stereocenters. The second-order valence-corrected chi connectivity index (χ2v) is 8.09. The summed E-state index contributed by atoms with van der Waals surface area (Å²) in [7, 11) is 0. The molecule has 28 heavy (non-hydrogen) atoms. The number of hydrogen-bond acceptors (Lipinski definition) is 4. The number of imidazole rings is 1. The summed E-state index contributed by atoms with van der Waals surface area (Å²) in [5.41, 5.74) is 4.26. The lowest BCUT2D eigenvalue weighted by atomic mass is 9.91. The fraction of sp³-hybridized carbons (Fsp3) is 0.478. The van der Waals surface area contributed by atoms with Crippen LogP contribution in [0.25, 0.3) is 6.08 Å². The van der Waals surface area contributed by atoms with E-state index in [0.717, 1.165) is 62.0 Å². The third-order valence-electron chi connectivity index (χ3n) is 6.42. The van der Waals surface area contributed by atoms with Gasteiger partial charge in [0.25, 0.3) is 0 Å². The maximum absolute atomic E-state index is 8.90. The van der Waals surface area contributed by atoms with Crippen LogP contribution in [0.15, 0.2) is 30.0 Å². The van der Waals surface area contributed by atoms with Crippen molar-refractivity contribution in [2.45, 2.75) is 57.7 Å². The second kappa shape index (κ2) is 7.44. The molecule has 0 unspecified atom stereocenters. The molecule has 0 radical (unpaired) electrons. The van der Waals surface area contributed by atoms with Crippen molar-refractivity contribution >= 4 is 6.08 Å². The largest absolute Gasteiger partial charge is 0.493 e. The van der Waals surface area contributed by atoms with E-state index in [-0.39, 0.29) is 0 Å². The van der Waals surface area contributed by atoms with Crippen LogP contribution in [-0.4, -0.2) is 33.6 Å². The van der Waals surface area contributed by atoms with Gasteiger partial charge in [-0.25, -0.2) is 4.98 Å². The van der Waals surface area contributed by atoms with E-state index in [4.69, 9.17) is 15.0 Å². The van der Waals surface area contributed by atoms with Gasteiger partial charge in [0.15, 0.2) is 0 Å². The summed E-state index contributed by atoms with van der Waals surface area (Å²) >= 11 is 0. The number of benzene rings is 1. The van der Waals surface area contributed by atoms with Crippen molar-refractivity contribution in [2.75, 3.05) is 13.1 Å². The Balaban J connectivity index is 1.26. The van der Waals surface area contributed by atoms with Gasteiger partial charge in [0.05, 0.1) is 23.1 Å². The summed E-state index contributed by atoms with van der Waals surface area (Å²) in [4.78, 5) is 7.64. The van der Waals surface area contributed by atoms with Crippen LogP contribution in [0.5, 0.6) is 0 Å². The van der Waals surface area contributed by atoms with E-state index in [2.05, 4.69) is 21.6 Å². The van der Waals surface area contributed by atoms with E-state index in [1.807, 2.05) is 24.3 Å². The molecule has 0 saturated heterocycles. The summed E-state index contributed by atoms with van der Waals surface area (Å²) < 4.78 is 8.52. The molecule has 0 N–H and O–H groups in total. The molecule has 1 aromatic heterocycles. The smallest absolute Gasteiger partial charge is 0.113 e. The SMILES string of the molecule is N#Cc1ccc(COC2=Cc3nc4n(c3CC2)CCN(C2CCC2)CC4)cc1. The first kappa shape index (κ1) is 17.5. The maximum Gasteiger partial charge on any atom is 0.113 e. The number of hydrogen-bond donors (Lipinski definition) is 0. The van der Waals surface area contributed by atoms with Crippen LogP contribution in [0.4, 0.5) is 0 Å². The van der Waals surface area contributed by atoms with Crippen molar-refractivity contribution in [1.29, 1.82) is 5.26 Å². The van der Waals surface area contributed by atoms with Crippen molar-refractivity contribution in [1.82, 2.24) is 14.5 Å². The second-order valence-electron chi connectivity index (χ2n) is 8.09. The topological polar surface area (TPSA) is 54.1 Å². The van der Waals surface area contributed by atoms with E-state index < -0.39 is 0 Å². The highest BCUT2D eigenvalue weighted by Gasteiger charge is 2.29. The molecule has 2 heterocycles. The third kappa shape index (κ3) is 3.33. The number of rotatable bonds is 4. The molecule has 1 saturated carbocycles. The van der Waals surface area contributed by atoms with Gasteiger partial charge in [0, 0.05) is 50.3 Å². The van der Waals surface area contributed by atoms with Gasteiger partial charge in [-0.05, 0) is 37.0 Å². The predicted octanol–water partition coefficient (Wildman–Crippen LogP) is 3.67.